The second kappa shape index (κ2) is 8.83. The van der Waals surface area contributed by atoms with E-state index in [0.717, 1.165) is 36.3 Å². The lowest BCUT2D eigenvalue weighted by Crippen LogP contribution is -2.57. The standard InChI is InChI=1S/C29H38O4S/c1-18-14-21-22-10-11-23(26(33-4)17-34(32)20-8-6-5-7-9-20)29(22,3)16-25(31)27(21)28(2)13-12-19(30)15-24(18)28/h5-9,15,18,21-22,25,27,31H,10-14,16-17H2,1-4H3/t18-,21-,22-,25-,27+,28-,29-,34?/m0/s1. The molecule has 0 saturated heterocycles. The van der Waals surface area contributed by atoms with Crippen molar-refractivity contribution in [1.29, 1.82) is 0 Å². The van der Waals surface area contributed by atoms with Gasteiger partial charge < -0.3 is 14.4 Å². The Kier molecular flexibility index (Phi) is 6.27. The molecule has 8 atom stereocenters. The lowest BCUT2D eigenvalue weighted by atomic mass is 9.45. The van der Waals surface area contributed by atoms with Gasteiger partial charge in [0.15, 0.2) is 16.4 Å². The minimum atomic E-state index is -1.16. The van der Waals surface area contributed by atoms with Crippen LogP contribution in [0, 0.1) is 34.5 Å². The molecule has 3 fully saturated rings. The van der Waals surface area contributed by atoms with E-state index in [2.05, 4.69) is 20.8 Å². The fourth-order valence-electron chi connectivity index (χ4n) is 8.43. The van der Waals surface area contributed by atoms with Gasteiger partial charge in [0.1, 0.15) is 5.76 Å². The van der Waals surface area contributed by atoms with E-state index in [0.29, 0.717) is 36.3 Å². The normalized spacial score (nSPS) is 41.6. The maximum atomic E-state index is 13.1. The molecule has 1 aromatic rings. The first-order chi connectivity index (χ1) is 16.2. The minimum Gasteiger partial charge on any atom is -0.611 e. The van der Waals surface area contributed by atoms with Gasteiger partial charge in [-0.1, -0.05) is 44.5 Å². The number of allylic oxidation sites excluding steroid dienone is 2. The number of carbonyl (C=O) groups excluding carboxylic acids is 1. The highest BCUT2D eigenvalue weighted by molar-refractivity contribution is 7.91. The maximum absolute atomic E-state index is 13.1. The lowest BCUT2D eigenvalue weighted by Gasteiger charge is -2.60. The molecule has 4 aliphatic rings. The number of benzene rings is 1. The zero-order valence-electron chi connectivity index (χ0n) is 20.9. The van der Waals surface area contributed by atoms with Gasteiger partial charge in [-0.25, -0.2) is 0 Å². The third-order valence-electron chi connectivity index (χ3n) is 9.85. The predicted molar refractivity (Wildman–Crippen MR) is 134 cm³/mol. The van der Waals surface area contributed by atoms with E-state index in [4.69, 9.17) is 4.74 Å². The smallest absolute Gasteiger partial charge is 0.167 e. The first-order valence-electron chi connectivity index (χ1n) is 12.8. The number of carbonyl (C=O) groups is 1. The van der Waals surface area contributed by atoms with E-state index < -0.39 is 17.3 Å². The van der Waals surface area contributed by atoms with Crippen LogP contribution in [0.3, 0.4) is 0 Å². The van der Waals surface area contributed by atoms with E-state index in [1.54, 1.807) is 7.11 Å². The predicted octanol–water partition coefficient (Wildman–Crippen LogP) is 5.44. The molecule has 4 nitrogen and oxygen atoms in total. The van der Waals surface area contributed by atoms with Crippen LogP contribution < -0.4 is 0 Å². The van der Waals surface area contributed by atoms with Gasteiger partial charge >= 0.3 is 0 Å². The molecule has 3 saturated carbocycles. The van der Waals surface area contributed by atoms with Crippen molar-refractivity contribution >= 4 is 17.0 Å². The molecule has 5 heteroatoms. The molecule has 0 radical (unpaired) electrons. The molecule has 1 unspecified atom stereocenters. The molecular formula is C29H38O4S. The average Bonchev–Trinajstić information content (AvgIpc) is 3.15. The van der Waals surface area contributed by atoms with Gasteiger partial charge in [-0.05, 0) is 102 Å². The van der Waals surface area contributed by atoms with Crippen molar-refractivity contribution in [2.75, 3.05) is 12.9 Å². The lowest BCUT2D eigenvalue weighted by molar-refractivity contribution is -0.128. The fourth-order valence-corrected chi connectivity index (χ4v) is 9.59. The van der Waals surface area contributed by atoms with Crippen LogP contribution in [0.4, 0.5) is 0 Å². The van der Waals surface area contributed by atoms with Gasteiger partial charge in [0.25, 0.3) is 0 Å². The van der Waals surface area contributed by atoms with Crippen LogP contribution in [0.2, 0.25) is 0 Å². The average molecular weight is 483 g/mol. The summed E-state index contributed by atoms with van der Waals surface area (Å²) in [5.74, 6) is 2.94. The zero-order chi connectivity index (χ0) is 24.3. The number of ketones is 1. The molecule has 184 valence electrons. The van der Waals surface area contributed by atoms with Crippen LogP contribution in [0.1, 0.15) is 59.3 Å². The zero-order valence-corrected chi connectivity index (χ0v) is 21.7. The molecule has 0 aliphatic heterocycles. The number of hydrogen-bond acceptors (Lipinski definition) is 4. The van der Waals surface area contributed by atoms with E-state index in [-0.39, 0.29) is 22.5 Å². The van der Waals surface area contributed by atoms with Crippen LogP contribution in [-0.2, 0) is 20.7 Å². The van der Waals surface area contributed by atoms with Crippen LogP contribution in [0.25, 0.3) is 0 Å². The van der Waals surface area contributed by atoms with Crippen LogP contribution in [-0.4, -0.2) is 34.4 Å². The Balaban J connectivity index is 1.48. The molecule has 0 bridgehead atoms. The second-order valence-corrected chi connectivity index (χ2v) is 13.0. The molecule has 4 aliphatic carbocycles. The summed E-state index contributed by atoms with van der Waals surface area (Å²) in [5, 5.41) is 11.7. The summed E-state index contributed by atoms with van der Waals surface area (Å²) in [5.41, 5.74) is 2.30. The highest BCUT2D eigenvalue weighted by atomic mass is 32.2. The number of aliphatic hydroxyl groups is 1. The van der Waals surface area contributed by atoms with Crippen molar-refractivity contribution in [2.24, 2.45) is 34.5 Å². The highest BCUT2D eigenvalue weighted by Crippen LogP contribution is 2.67. The van der Waals surface area contributed by atoms with Crippen molar-refractivity contribution in [3.8, 4) is 0 Å². The third kappa shape index (κ3) is 3.70. The van der Waals surface area contributed by atoms with Crippen molar-refractivity contribution < 1.29 is 19.2 Å². The number of methoxy groups -OCH3 is 1. The van der Waals surface area contributed by atoms with Crippen molar-refractivity contribution in [3.05, 3.63) is 53.3 Å². The van der Waals surface area contributed by atoms with Gasteiger partial charge in [0.05, 0.1) is 13.2 Å². The number of aliphatic hydroxyl groups excluding tert-OH is 1. The Labute approximate surface area is 207 Å². The monoisotopic (exact) mass is 482 g/mol. The Hall–Kier alpha value is -1.56. The van der Waals surface area contributed by atoms with Gasteiger partial charge in [-0.15, -0.1) is 0 Å². The summed E-state index contributed by atoms with van der Waals surface area (Å²) in [6, 6.07) is 9.60. The quantitative estimate of drug-likeness (QED) is 0.458. The first kappa shape index (κ1) is 24.1. The topological polar surface area (TPSA) is 69.6 Å². The third-order valence-corrected chi connectivity index (χ3v) is 11.2. The molecule has 0 amide bonds. The summed E-state index contributed by atoms with van der Waals surface area (Å²) in [4.78, 5) is 13.1. The number of ether oxygens (including phenoxy) is 1. The van der Waals surface area contributed by atoms with E-state index in [1.165, 1.54) is 11.1 Å². The van der Waals surface area contributed by atoms with E-state index in [1.807, 2.05) is 36.4 Å². The summed E-state index contributed by atoms with van der Waals surface area (Å²) >= 11 is -1.16. The molecule has 1 N–H and O–H groups in total. The summed E-state index contributed by atoms with van der Waals surface area (Å²) in [6.45, 7) is 6.89. The molecule has 1 aromatic carbocycles. The maximum Gasteiger partial charge on any atom is 0.167 e. The van der Waals surface area contributed by atoms with Gasteiger partial charge in [0.2, 0.25) is 0 Å². The first-order valence-corrected chi connectivity index (χ1v) is 14.1. The Morgan fingerprint density at radius 1 is 1.21 bits per heavy atom. The molecule has 5 rings (SSSR count). The van der Waals surface area contributed by atoms with Crippen LogP contribution in [0.15, 0.2) is 58.2 Å². The summed E-state index contributed by atoms with van der Waals surface area (Å²) < 4.78 is 19.0. The summed E-state index contributed by atoms with van der Waals surface area (Å²) in [7, 11) is 1.70. The number of rotatable bonds is 4. The largest absolute Gasteiger partial charge is 0.611 e. The SMILES string of the molecule is COC(C[S+]([O-])c1ccccc1)=C1CC[C@H]2[C@@H]3C[C@H](C)C4=CC(=O)CC[C@]4(C)[C@H]3[C@@H](O)C[C@]12C. The van der Waals surface area contributed by atoms with Gasteiger partial charge in [-0.2, -0.15) is 0 Å². The molecule has 0 spiro atoms. The van der Waals surface area contributed by atoms with E-state index >= 15 is 0 Å². The van der Waals surface area contributed by atoms with Crippen LogP contribution >= 0.6 is 0 Å². The van der Waals surface area contributed by atoms with Gasteiger partial charge in [0, 0.05) is 6.42 Å². The van der Waals surface area contributed by atoms with E-state index in [9.17, 15) is 14.5 Å². The van der Waals surface area contributed by atoms with Gasteiger partial charge in [-0.3, -0.25) is 4.79 Å². The Morgan fingerprint density at radius 2 is 1.94 bits per heavy atom. The van der Waals surface area contributed by atoms with Crippen molar-refractivity contribution in [1.82, 2.24) is 0 Å². The van der Waals surface area contributed by atoms with Crippen molar-refractivity contribution in [3.63, 3.8) is 0 Å². The molecule has 0 heterocycles. The minimum absolute atomic E-state index is 0.0949. The molecular weight excluding hydrogens is 444 g/mol. The Morgan fingerprint density at radius 3 is 2.65 bits per heavy atom. The van der Waals surface area contributed by atoms with Crippen LogP contribution in [0.5, 0.6) is 0 Å². The highest BCUT2D eigenvalue weighted by Gasteiger charge is 2.62. The van der Waals surface area contributed by atoms with Crippen molar-refractivity contribution in [2.45, 2.75) is 70.3 Å². The summed E-state index contributed by atoms with van der Waals surface area (Å²) in [6.07, 6.45) is 6.72. The molecule has 0 aromatic heterocycles. The number of hydrogen-bond donors (Lipinski definition) is 1. The molecule has 34 heavy (non-hydrogen) atoms. The number of fused-ring (bicyclic) bond motifs is 5. The second-order valence-electron chi connectivity index (χ2n) is 11.6. The Bertz CT molecular complexity index is 1020. The fraction of sp³-hybridized carbons (Fsp3) is 0.621.